The summed E-state index contributed by atoms with van der Waals surface area (Å²) in [5.41, 5.74) is 0.393. The van der Waals surface area contributed by atoms with Crippen molar-refractivity contribution >= 4 is 23.6 Å². The van der Waals surface area contributed by atoms with Crippen molar-refractivity contribution in [3.05, 3.63) is 59.9 Å². The van der Waals surface area contributed by atoms with Crippen molar-refractivity contribution in [2.75, 3.05) is 19.4 Å². The third kappa shape index (κ3) is 7.09. The van der Waals surface area contributed by atoms with E-state index in [0.717, 1.165) is 17.1 Å². The van der Waals surface area contributed by atoms with Crippen molar-refractivity contribution in [1.82, 2.24) is 10.6 Å². The Bertz CT molecular complexity index is 812. The molecular formula is C22H27FN2O3S. The lowest BCUT2D eigenvalue weighted by atomic mass is 10.0. The first-order valence-electron chi connectivity index (χ1n) is 9.52. The van der Waals surface area contributed by atoms with Gasteiger partial charge in [-0.2, -0.15) is 0 Å². The molecule has 0 heterocycles. The first-order valence-corrected chi connectivity index (χ1v) is 10.5. The van der Waals surface area contributed by atoms with Gasteiger partial charge in [-0.3, -0.25) is 9.59 Å². The first kappa shape index (κ1) is 22.7. The third-order valence-electron chi connectivity index (χ3n) is 4.29. The molecule has 0 aliphatic heterocycles. The number of amides is 2. The number of halogens is 1. The van der Waals surface area contributed by atoms with Gasteiger partial charge < -0.3 is 15.4 Å². The van der Waals surface area contributed by atoms with E-state index in [1.165, 1.54) is 19.2 Å². The molecule has 0 bridgehead atoms. The minimum Gasteiger partial charge on any atom is -0.496 e. The minimum atomic E-state index is -0.642. The summed E-state index contributed by atoms with van der Waals surface area (Å²) >= 11 is 1.61. The molecule has 2 amide bonds. The highest BCUT2D eigenvalue weighted by atomic mass is 32.2. The third-order valence-corrected chi connectivity index (χ3v) is 5.39. The molecule has 2 rings (SSSR count). The Labute approximate surface area is 175 Å². The summed E-state index contributed by atoms with van der Waals surface area (Å²) in [5.74, 6) is 0.383. The number of ether oxygens (including phenoxy) is 1. The summed E-state index contributed by atoms with van der Waals surface area (Å²) in [4.78, 5) is 26.2. The zero-order chi connectivity index (χ0) is 21.2. The van der Waals surface area contributed by atoms with Gasteiger partial charge in [-0.15, -0.1) is 11.8 Å². The van der Waals surface area contributed by atoms with Crippen LogP contribution in [-0.2, 0) is 4.79 Å². The van der Waals surface area contributed by atoms with E-state index in [4.69, 9.17) is 4.74 Å². The van der Waals surface area contributed by atoms with Crippen LogP contribution in [0.3, 0.4) is 0 Å². The average Bonchev–Trinajstić information content (AvgIpc) is 2.72. The number of rotatable bonds is 10. The van der Waals surface area contributed by atoms with Crippen LogP contribution in [0.2, 0.25) is 0 Å². The highest BCUT2D eigenvalue weighted by molar-refractivity contribution is 7.99. The van der Waals surface area contributed by atoms with Gasteiger partial charge in [0.15, 0.2) is 0 Å². The van der Waals surface area contributed by atoms with E-state index in [0.29, 0.717) is 17.9 Å². The Kier molecular flexibility index (Phi) is 8.99. The number of hydrogen-bond acceptors (Lipinski definition) is 4. The van der Waals surface area contributed by atoms with Crippen molar-refractivity contribution in [2.24, 2.45) is 5.92 Å². The molecule has 2 N–H and O–H groups in total. The van der Waals surface area contributed by atoms with E-state index in [9.17, 15) is 14.0 Å². The molecule has 156 valence electrons. The highest BCUT2D eigenvalue weighted by Gasteiger charge is 2.25. The fourth-order valence-electron chi connectivity index (χ4n) is 2.70. The number of methoxy groups -OCH3 is 1. The normalized spacial score (nSPS) is 11.8. The van der Waals surface area contributed by atoms with E-state index in [2.05, 4.69) is 10.6 Å². The Hall–Kier alpha value is -2.54. The van der Waals surface area contributed by atoms with E-state index in [1.807, 2.05) is 13.8 Å². The molecular weight excluding hydrogens is 391 g/mol. The van der Waals surface area contributed by atoms with Crippen molar-refractivity contribution in [3.63, 3.8) is 0 Å². The molecule has 0 aliphatic carbocycles. The summed E-state index contributed by atoms with van der Waals surface area (Å²) in [6.07, 6.45) is 0.763. The Morgan fingerprint density at radius 3 is 2.45 bits per heavy atom. The van der Waals surface area contributed by atoms with Gasteiger partial charge in [0.25, 0.3) is 5.91 Å². The van der Waals surface area contributed by atoms with Gasteiger partial charge in [0, 0.05) is 11.4 Å². The molecule has 1 unspecified atom stereocenters. The maximum atomic E-state index is 12.9. The van der Waals surface area contributed by atoms with Crippen molar-refractivity contribution < 1.29 is 18.7 Å². The molecule has 0 saturated carbocycles. The number of benzene rings is 2. The fraction of sp³-hybridized carbons (Fsp3) is 0.364. The molecule has 2 aromatic rings. The van der Waals surface area contributed by atoms with Gasteiger partial charge in [0.1, 0.15) is 17.6 Å². The topological polar surface area (TPSA) is 67.4 Å². The van der Waals surface area contributed by atoms with Crippen LogP contribution in [0, 0.1) is 11.7 Å². The number of para-hydroxylation sites is 1. The van der Waals surface area contributed by atoms with Gasteiger partial charge in [0.2, 0.25) is 5.91 Å². The van der Waals surface area contributed by atoms with Crippen LogP contribution in [0.25, 0.3) is 0 Å². The summed E-state index contributed by atoms with van der Waals surface area (Å²) in [6, 6.07) is 12.6. The van der Waals surface area contributed by atoms with Crippen LogP contribution in [-0.4, -0.2) is 37.3 Å². The molecule has 0 fully saturated rings. The number of thioether (sulfide) groups is 1. The quantitative estimate of drug-likeness (QED) is 0.454. The largest absolute Gasteiger partial charge is 0.496 e. The second-order valence-electron chi connectivity index (χ2n) is 6.84. The Morgan fingerprint density at radius 1 is 1.10 bits per heavy atom. The van der Waals surface area contributed by atoms with Gasteiger partial charge in [0.05, 0.1) is 12.7 Å². The number of nitrogens with one attached hydrogen (secondary N) is 2. The SMILES string of the molecule is COc1ccccc1C(=O)NC(C(=O)NCCCSc1ccc(F)cc1)C(C)C. The van der Waals surface area contributed by atoms with Crippen molar-refractivity contribution in [3.8, 4) is 5.75 Å². The van der Waals surface area contributed by atoms with Crippen LogP contribution in [0.15, 0.2) is 53.4 Å². The van der Waals surface area contributed by atoms with Crippen LogP contribution in [0.5, 0.6) is 5.75 Å². The van der Waals surface area contributed by atoms with E-state index in [1.54, 1.807) is 48.2 Å². The lowest BCUT2D eigenvalue weighted by Crippen LogP contribution is -2.50. The van der Waals surface area contributed by atoms with Crippen molar-refractivity contribution in [1.29, 1.82) is 0 Å². The smallest absolute Gasteiger partial charge is 0.255 e. The maximum absolute atomic E-state index is 12.9. The molecule has 0 saturated heterocycles. The zero-order valence-electron chi connectivity index (χ0n) is 16.9. The lowest BCUT2D eigenvalue weighted by molar-refractivity contribution is -0.123. The second kappa shape index (κ2) is 11.5. The molecule has 0 aliphatic rings. The van der Waals surface area contributed by atoms with Gasteiger partial charge in [-0.1, -0.05) is 26.0 Å². The maximum Gasteiger partial charge on any atom is 0.255 e. The predicted octanol–water partition coefficient (Wildman–Crippen LogP) is 3.89. The van der Waals surface area contributed by atoms with E-state index >= 15 is 0 Å². The molecule has 5 nitrogen and oxygen atoms in total. The average molecular weight is 419 g/mol. The van der Waals surface area contributed by atoms with E-state index in [-0.39, 0.29) is 23.5 Å². The Balaban J connectivity index is 1.82. The lowest BCUT2D eigenvalue weighted by Gasteiger charge is -2.22. The van der Waals surface area contributed by atoms with Crippen LogP contribution in [0.4, 0.5) is 4.39 Å². The Morgan fingerprint density at radius 2 is 1.79 bits per heavy atom. The summed E-state index contributed by atoms with van der Waals surface area (Å²) in [6.45, 7) is 4.27. The minimum absolute atomic E-state index is 0.0674. The molecule has 29 heavy (non-hydrogen) atoms. The molecule has 0 radical (unpaired) electrons. The van der Waals surface area contributed by atoms with Gasteiger partial charge in [-0.25, -0.2) is 4.39 Å². The first-order chi connectivity index (χ1) is 13.9. The molecule has 1 atom stereocenters. The number of carbonyl (C=O) groups excluding carboxylic acids is 2. The van der Waals surface area contributed by atoms with Crippen LogP contribution in [0.1, 0.15) is 30.6 Å². The van der Waals surface area contributed by atoms with Crippen LogP contribution >= 0.6 is 11.8 Å². The molecule has 0 aromatic heterocycles. The molecule has 2 aromatic carbocycles. The number of hydrogen-bond donors (Lipinski definition) is 2. The summed E-state index contributed by atoms with van der Waals surface area (Å²) < 4.78 is 18.1. The predicted molar refractivity (Wildman–Crippen MR) is 114 cm³/mol. The van der Waals surface area contributed by atoms with Gasteiger partial charge >= 0.3 is 0 Å². The second-order valence-corrected chi connectivity index (χ2v) is 8.01. The van der Waals surface area contributed by atoms with E-state index < -0.39 is 6.04 Å². The standard InChI is InChI=1S/C22H27FN2O3S/c1-15(2)20(25-21(26)18-7-4-5-8-19(18)28-3)22(27)24-13-6-14-29-17-11-9-16(23)10-12-17/h4-5,7-12,15,20H,6,13-14H2,1-3H3,(H,24,27)(H,25,26). The molecule has 0 spiro atoms. The monoisotopic (exact) mass is 418 g/mol. The summed E-state index contributed by atoms with van der Waals surface area (Å²) in [5, 5.41) is 5.69. The number of carbonyl (C=O) groups is 2. The fourth-order valence-corrected chi connectivity index (χ4v) is 3.55. The van der Waals surface area contributed by atoms with Gasteiger partial charge in [-0.05, 0) is 54.5 Å². The molecule has 7 heteroatoms. The van der Waals surface area contributed by atoms with Crippen LogP contribution < -0.4 is 15.4 Å². The zero-order valence-corrected chi connectivity index (χ0v) is 17.7. The highest BCUT2D eigenvalue weighted by Crippen LogP contribution is 2.19. The van der Waals surface area contributed by atoms with Crippen molar-refractivity contribution in [2.45, 2.75) is 31.2 Å². The summed E-state index contributed by atoms with van der Waals surface area (Å²) in [7, 11) is 1.50.